The van der Waals surface area contributed by atoms with Gasteiger partial charge in [0.1, 0.15) is 11.6 Å². The summed E-state index contributed by atoms with van der Waals surface area (Å²) in [5.41, 5.74) is 4.88. The van der Waals surface area contributed by atoms with Crippen molar-refractivity contribution < 1.29 is 14.3 Å². The molecule has 4 aromatic rings. The fourth-order valence-corrected chi connectivity index (χ4v) is 5.50. The maximum Gasteiger partial charge on any atom is 0.251 e. The first-order valence-corrected chi connectivity index (χ1v) is 14.6. The van der Waals surface area contributed by atoms with Crippen LogP contribution in [0.3, 0.4) is 0 Å². The van der Waals surface area contributed by atoms with Gasteiger partial charge in [-0.2, -0.15) is 0 Å². The van der Waals surface area contributed by atoms with Crippen LogP contribution in [0.15, 0.2) is 90.1 Å². The van der Waals surface area contributed by atoms with Gasteiger partial charge in [-0.3, -0.25) is 4.79 Å². The zero-order valence-electron chi connectivity index (χ0n) is 23.5. The number of nitrogens with zero attached hydrogens (tertiary/aromatic N) is 4. The molecule has 1 aliphatic heterocycles. The Labute approximate surface area is 245 Å². The highest BCUT2D eigenvalue weighted by molar-refractivity contribution is 7.98. The van der Waals surface area contributed by atoms with Crippen molar-refractivity contribution in [2.24, 2.45) is 0 Å². The predicted octanol–water partition coefficient (Wildman–Crippen LogP) is 5.18. The largest absolute Gasteiger partial charge is 0.497 e. The number of amides is 1. The topological polar surface area (TPSA) is 79.8 Å². The fraction of sp³-hybridized carbons (Fsp3) is 0.281. The predicted molar refractivity (Wildman–Crippen MR) is 164 cm³/mol. The lowest BCUT2D eigenvalue weighted by atomic mass is 10.1. The number of rotatable bonds is 11. The molecule has 9 heteroatoms. The molecule has 2 heterocycles. The number of hydrogen-bond acceptors (Lipinski definition) is 8. The van der Waals surface area contributed by atoms with Crippen LogP contribution in [0.5, 0.6) is 5.75 Å². The number of carbonyl (C=O) groups is 1. The van der Waals surface area contributed by atoms with Crippen molar-refractivity contribution in [2.75, 3.05) is 50.2 Å². The third kappa shape index (κ3) is 7.77. The SMILES string of the molecule is COCc1cc(N2CCN(c3ccc(OC)cc3)CC2)nc(SCc2ccc(C(=O)NCc3ccccc3)cc2)n1. The molecular formula is C32H35N5O3S. The molecule has 5 rings (SSSR count). The molecule has 1 aromatic heterocycles. The summed E-state index contributed by atoms with van der Waals surface area (Å²) >= 11 is 1.59. The number of methoxy groups -OCH3 is 2. The lowest BCUT2D eigenvalue weighted by Gasteiger charge is -2.37. The minimum Gasteiger partial charge on any atom is -0.497 e. The molecule has 41 heavy (non-hydrogen) atoms. The second-order valence-corrected chi connectivity index (χ2v) is 10.7. The molecule has 8 nitrogen and oxygen atoms in total. The first-order chi connectivity index (χ1) is 20.1. The van der Waals surface area contributed by atoms with Gasteiger partial charge in [0.05, 0.1) is 19.4 Å². The number of thioether (sulfide) groups is 1. The van der Waals surface area contributed by atoms with E-state index in [4.69, 9.17) is 19.4 Å². The van der Waals surface area contributed by atoms with E-state index in [1.54, 1.807) is 26.0 Å². The minimum absolute atomic E-state index is 0.0830. The molecule has 1 amide bonds. The molecule has 0 saturated carbocycles. The number of hydrogen-bond donors (Lipinski definition) is 1. The van der Waals surface area contributed by atoms with Gasteiger partial charge in [0.2, 0.25) is 0 Å². The Kier molecular flexibility index (Phi) is 9.72. The molecule has 0 bridgehead atoms. The van der Waals surface area contributed by atoms with Gasteiger partial charge in [0.25, 0.3) is 5.91 Å². The zero-order chi connectivity index (χ0) is 28.4. The maximum atomic E-state index is 12.6. The highest BCUT2D eigenvalue weighted by Crippen LogP contribution is 2.26. The summed E-state index contributed by atoms with van der Waals surface area (Å²) in [6.07, 6.45) is 0. The van der Waals surface area contributed by atoms with Crippen LogP contribution in [0.1, 0.15) is 27.2 Å². The minimum atomic E-state index is -0.0830. The summed E-state index contributed by atoms with van der Waals surface area (Å²) in [5.74, 6) is 2.41. The Balaban J connectivity index is 1.18. The van der Waals surface area contributed by atoms with Crippen molar-refractivity contribution in [1.82, 2.24) is 15.3 Å². The molecule has 0 radical (unpaired) electrons. The van der Waals surface area contributed by atoms with Crippen LogP contribution in [0.2, 0.25) is 0 Å². The molecule has 1 N–H and O–H groups in total. The summed E-state index contributed by atoms with van der Waals surface area (Å²) < 4.78 is 10.7. The van der Waals surface area contributed by atoms with E-state index in [9.17, 15) is 4.79 Å². The summed E-state index contributed by atoms with van der Waals surface area (Å²) in [6, 6.07) is 27.8. The van der Waals surface area contributed by atoms with Gasteiger partial charge in [-0.1, -0.05) is 54.2 Å². The lowest BCUT2D eigenvalue weighted by Crippen LogP contribution is -2.46. The summed E-state index contributed by atoms with van der Waals surface area (Å²) in [4.78, 5) is 26.9. The normalized spacial score (nSPS) is 13.2. The van der Waals surface area contributed by atoms with Crippen molar-refractivity contribution in [1.29, 1.82) is 0 Å². The maximum absolute atomic E-state index is 12.6. The zero-order valence-corrected chi connectivity index (χ0v) is 24.3. The van der Waals surface area contributed by atoms with Gasteiger partial charge in [0, 0.05) is 62.9 Å². The van der Waals surface area contributed by atoms with E-state index in [0.29, 0.717) is 24.5 Å². The Morgan fingerprint density at radius 2 is 1.56 bits per heavy atom. The quantitative estimate of drug-likeness (QED) is 0.196. The highest BCUT2D eigenvalue weighted by atomic mass is 32.2. The molecule has 1 aliphatic rings. The van der Waals surface area contributed by atoms with E-state index in [-0.39, 0.29) is 5.91 Å². The van der Waals surface area contributed by atoms with Gasteiger partial charge >= 0.3 is 0 Å². The Hall–Kier alpha value is -4.08. The number of piperazine rings is 1. The third-order valence-corrected chi connectivity index (χ3v) is 7.88. The Morgan fingerprint density at radius 3 is 2.24 bits per heavy atom. The second-order valence-electron chi connectivity index (χ2n) is 9.76. The van der Waals surface area contributed by atoms with Crippen LogP contribution in [0.4, 0.5) is 11.5 Å². The van der Waals surface area contributed by atoms with Crippen molar-refractivity contribution in [3.8, 4) is 5.75 Å². The van der Waals surface area contributed by atoms with E-state index in [1.165, 1.54) is 5.69 Å². The number of anilines is 2. The highest BCUT2D eigenvalue weighted by Gasteiger charge is 2.20. The molecular weight excluding hydrogens is 534 g/mol. The van der Waals surface area contributed by atoms with E-state index in [0.717, 1.165) is 59.7 Å². The van der Waals surface area contributed by atoms with Crippen LogP contribution in [-0.4, -0.2) is 56.3 Å². The van der Waals surface area contributed by atoms with E-state index >= 15 is 0 Å². The van der Waals surface area contributed by atoms with Gasteiger partial charge in [-0.25, -0.2) is 9.97 Å². The van der Waals surface area contributed by atoms with Gasteiger partial charge in [0.15, 0.2) is 5.16 Å². The second kappa shape index (κ2) is 14.0. The third-order valence-electron chi connectivity index (χ3n) is 6.96. The number of ether oxygens (including phenoxy) is 2. The summed E-state index contributed by atoms with van der Waals surface area (Å²) in [6.45, 7) is 4.49. The first-order valence-electron chi connectivity index (χ1n) is 13.7. The smallest absolute Gasteiger partial charge is 0.251 e. The van der Waals surface area contributed by atoms with Crippen molar-refractivity contribution in [2.45, 2.75) is 24.1 Å². The van der Waals surface area contributed by atoms with E-state index in [1.807, 2.05) is 72.8 Å². The number of carbonyl (C=O) groups excluding carboxylic acids is 1. The van der Waals surface area contributed by atoms with Crippen molar-refractivity contribution in [3.05, 3.63) is 107 Å². The summed E-state index contributed by atoms with van der Waals surface area (Å²) in [5, 5.41) is 3.70. The number of benzene rings is 3. The fourth-order valence-electron chi connectivity index (χ4n) is 4.68. The summed E-state index contributed by atoms with van der Waals surface area (Å²) in [7, 11) is 3.37. The van der Waals surface area contributed by atoms with Crippen LogP contribution in [0.25, 0.3) is 0 Å². The molecule has 0 spiro atoms. The van der Waals surface area contributed by atoms with Crippen LogP contribution in [-0.2, 0) is 23.6 Å². The molecule has 0 aliphatic carbocycles. The van der Waals surface area contributed by atoms with Crippen LogP contribution >= 0.6 is 11.8 Å². The molecule has 212 valence electrons. The number of nitrogens with one attached hydrogen (secondary N) is 1. The van der Waals surface area contributed by atoms with Crippen LogP contribution < -0.4 is 19.9 Å². The monoisotopic (exact) mass is 569 g/mol. The Bertz CT molecular complexity index is 1410. The van der Waals surface area contributed by atoms with Crippen molar-refractivity contribution >= 4 is 29.2 Å². The van der Waals surface area contributed by atoms with E-state index < -0.39 is 0 Å². The van der Waals surface area contributed by atoms with Gasteiger partial charge < -0.3 is 24.6 Å². The molecule has 1 fully saturated rings. The molecule has 1 saturated heterocycles. The standard InChI is InChI=1S/C32H35N5O3S/c1-39-22-27-20-30(37-18-16-36(17-19-37)28-12-14-29(40-2)15-13-28)35-32(34-27)41-23-25-8-10-26(11-9-25)31(38)33-21-24-6-4-3-5-7-24/h3-15,20H,16-19,21-23H2,1-2H3,(H,33,38). The number of aromatic nitrogens is 2. The lowest BCUT2D eigenvalue weighted by molar-refractivity contribution is 0.0951. The van der Waals surface area contributed by atoms with Crippen LogP contribution in [0, 0.1) is 0 Å². The molecule has 0 atom stereocenters. The Morgan fingerprint density at radius 1 is 0.854 bits per heavy atom. The van der Waals surface area contributed by atoms with Crippen molar-refractivity contribution in [3.63, 3.8) is 0 Å². The average molecular weight is 570 g/mol. The molecule has 0 unspecified atom stereocenters. The van der Waals surface area contributed by atoms with E-state index in [2.05, 4.69) is 27.2 Å². The average Bonchev–Trinajstić information content (AvgIpc) is 3.03. The molecule has 3 aromatic carbocycles. The van der Waals surface area contributed by atoms with Gasteiger partial charge in [-0.05, 0) is 47.5 Å². The van der Waals surface area contributed by atoms with Gasteiger partial charge in [-0.15, -0.1) is 0 Å². The first kappa shape index (κ1) is 28.4.